The maximum atomic E-state index is 11.5. The Morgan fingerprint density at radius 1 is 1.16 bits per heavy atom. The Labute approximate surface area is 143 Å². The number of hydrogen-bond acceptors (Lipinski definition) is 4. The standard InChI is InChI=1S/C14H21NO3.C2HF3O2/c1-4-5-6-14(16)15-10-11-7-8-12(17-2)13(9-11)18-3;3-2(4,5)1(6)7/h7-9H,4-6,10H2,1-3H3,(H,15,16);(H,6,7). The van der Waals surface area contributed by atoms with Crippen LogP contribution in [-0.4, -0.2) is 37.4 Å². The van der Waals surface area contributed by atoms with Gasteiger partial charge in [-0.05, 0) is 24.1 Å². The number of nitrogens with one attached hydrogen (secondary N) is 1. The maximum Gasteiger partial charge on any atom is 0.490 e. The van der Waals surface area contributed by atoms with E-state index < -0.39 is 12.1 Å². The van der Waals surface area contributed by atoms with Gasteiger partial charge in [-0.2, -0.15) is 13.2 Å². The SMILES string of the molecule is CCCCC(=O)NCc1ccc(OC)c(OC)c1.O=C(O)C(F)(F)F. The Hall–Kier alpha value is -2.45. The van der Waals surface area contributed by atoms with E-state index in [1.165, 1.54) is 0 Å². The van der Waals surface area contributed by atoms with Crippen LogP contribution in [0.3, 0.4) is 0 Å². The molecule has 0 unspecified atom stereocenters. The fourth-order valence-corrected chi connectivity index (χ4v) is 1.62. The molecule has 0 aromatic heterocycles. The first-order valence-corrected chi connectivity index (χ1v) is 7.43. The number of benzene rings is 1. The number of hydrogen-bond donors (Lipinski definition) is 2. The molecule has 1 rings (SSSR count). The number of aliphatic carboxylic acids is 1. The number of carbonyl (C=O) groups excluding carboxylic acids is 1. The Morgan fingerprint density at radius 3 is 2.16 bits per heavy atom. The first-order valence-electron chi connectivity index (χ1n) is 7.43. The van der Waals surface area contributed by atoms with Crippen LogP contribution >= 0.6 is 0 Å². The van der Waals surface area contributed by atoms with Crippen LogP contribution in [0, 0.1) is 0 Å². The number of methoxy groups -OCH3 is 2. The molecule has 0 aliphatic carbocycles. The van der Waals surface area contributed by atoms with Gasteiger partial charge in [0.1, 0.15) is 0 Å². The van der Waals surface area contributed by atoms with Crippen LogP contribution in [0.15, 0.2) is 18.2 Å². The molecule has 9 heteroatoms. The van der Waals surface area contributed by atoms with Gasteiger partial charge in [0.2, 0.25) is 5.91 Å². The van der Waals surface area contributed by atoms with E-state index in [2.05, 4.69) is 12.2 Å². The number of amides is 1. The summed E-state index contributed by atoms with van der Waals surface area (Å²) in [5.74, 6) is -1.30. The first kappa shape index (κ1) is 22.6. The third-order valence-electron chi connectivity index (χ3n) is 2.94. The van der Waals surface area contributed by atoms with E-state index >= 15 is 0 Å². The van der Waals surface area contributed by atoms with Gasteiger partial charge in [-0.1, -0.05) is 19.4 Å². The van der Waals surface area contributed by atoms with Crippen molar-refractivity contribution in [3.8, 4) is 11.5 Å². The van der Waals surface area contributed by atoms with E-state index in [0.29, 0.717) is 24.5 Å². The fourth-order valence-electron chi connectivity index (χ4n) is 1.62. The van der Waals surface area contributed by atoms with Crippen molar-refractivity contribution >= 4 is 11.9 Å². The zero-order valence-electron chi connectivity index (χ0n) is 14.3. The van der Waals surface area contributed by atoms with Crippen molar-refractivity contribution in [1.29, 1.82) is 0 Å². The van der Waals surface area contributed by atoms with Crippen molar-refractivity contribution in [3.05, 3.63) is 23.8 Å². The molecule has 2 N–H and O–H groups in total. The highest BCUT2D eigenvalue weighted by Crippen LogP contribution is 2.27. The molecule has 142 valence electrons. The normalized spacial score (nSPS) is 10.3. The van der Waals surface area contributed by atoms with Gasteiger partial charge in [0.05, 0.1) is 14.2 Å². The van der Waals surface area contributed by atoms with Crippen LogP contribution < -0.4 is 14.8 Å². The lowest BCUT2D eigenvalue weighted by Gasteiger charge is -2.10. The molecule has 6 nitrogen and oxygen atoms in total. The van der Waals surface area contributed by atoms with Crippen LogP contribution in [-0.2, 0) is 16.1 Å². The van der Waals surface area contributed by atoms with Gasteiger partial charge in [0, 0.05) is 13.0 Å². The molecule has 1 aromatic carbocycles. The van der Waals surface area contributed by atoms with Crippen LogP contribution in [0.1, 0.15) is 31.7 Å². The van der Waals surface area contributed by atoms with E-state index in [4.69, 9.17) is 19.4 Å². The lowest BCUT2D eigenvalue weighted by Crippen LogP contribution is -2.22. The van der Waals surface area contributed by atoms with Crippen LogP contribution in [0.2, 0.25) is 0 Å². The summed E-state index contributed by atoms with van der Waals surface area (Å²) in [5.41, 5.74) is 0.998. The lowest BCUT2D eigenvalue weighted by molar-refractivity contribution is -0.192. The molecule has 25 heavy (non-hydrogen) atoms. The molecule has 0 atom stereocenters. The number of halogens is 3. The number of ether oxygens (including phenoxy) is 2. The quantitative estimate of drug-likeness (QED) is 0.775. The Morgan fingerprint density at radius 2 is 1.72 bits per heavy atom. The third kappa shape index (κ3) is 9.43. The number of carboxylic acid groups (broad SMARTS) is 1. The molecule has 0 aliphatic rings. The number of rotatable bonds is 7. The van der Waals surface area contributed by atoms with E-state index in [-0.39, 0.29) is 5.91 Å². The van der Waals surface area contributed by atoms with Gasteiger partial charge in [-0.3, -0.25) is 4.79 Å². The monoisotopic (exact) mass is 365 g/mol. The van der Waals surface area contributed by atoms with E-state index in [9.17, 15) is 18.0 Å². The van der Waals surface area contributed by atoms with Gasteiger partial charge in [0.25, 0.3) is 0 Å². The van der Waals surface area contributed by atoms with E-state index in [1.54, 1.807) is 14.2 Å². The largest absolute Gasteiger partial charge is 0.493 e. The van der Waals surface area contributed by atoms with Crippen molar-refractivity contribution in [2.75, 3.05) is 14.2 Å². The van der Waals surface area contributed by atoms with Crippen molar-refractivity contribution in [3.63, 3.8) is 0 Å². The number of carbonyl (C=O) groups is 2. The average molecular weight is 365 g/mol. The molecule has 1 aromatic rings. The highest BCUT2D eigenvalue weighted by Gasteiger charge is 2.38. The van der Waals surface area contributed by atoms with Crippen LogP contribution in [0.25, 0.3) is 0 Å². The minimum Gasteiger partial charge on any atom is -0.493 e. The Kier molecular flexibility index (Phi) is 10.1. The van der Waals surface area contributed by atoms with Crippen molar-refractivity contribution in [2.24, 2.45) is 0 Å². The molecule has 1 amide bonds. The minimum atomic E-state index is -5.08. The highest BCUT2D eigenvalue weighted by atomic mass is 19.4. The Balaban J connectivity index is 0.000000697. The van der Waals surface area contributed by atoms with Crippen molar-refractivity contribution < 1.29 is 37.3 Å². The molecular weight excluding hydrogens is 343 g/mol. The molecule has 0 heterocycles. The smallest absolute Gasteiger partial charge is 0.490 e. The molecule has 0 saturated heterocycles. The van der Waals surface area contributed by atoms with Crippen molar-refractivity contribution in [2.45, 2.75) is 38.9 Å². The van der Waals surface area contributed by atoms with Gasteiger partial charge < -0.3 is 19.9 Å². The number of carboxylic acids is 1. The van der Waals surface area contributed by atoms with E-state index in [0.717, 1.165) is 18.4 Å². The highest BCUT2D eigenvalue weighted by molar-refractivity contribution is 5.75. The van der Waals surface area contributed by atoms with Gasteiger partial charge in [-0.25, -0.2) is 4.79 Å². The summed E-state index contributed by atoms with van der Waals surface area (Å²) in [6.07, 6.45) is -2.54. The topological polar surface area (TPSA) is 84.9 Å². The first-order chi connectivity index (χ1) is 11.6. The van der Waals surface area contributed by atoms with Crippen LogP contribution in [0.5, 0.6) is 11.5 Å². The van der Waals surface area contributed by atoms with Gasteiger partial charge in [0.15, 0.2) is 11.5 Å². The number of alkyl halides is 3. The second-order valence-corrected chi connectivity index (χ2v) is 4.87. The summed E-state index contributed by atoms with van der Waals surface area (Å²) in [4.78, 5) is 20.4. The average Bonchev–Trinajstić information content (AvgIpc) is 2.57. The second-order valence-electron chi connectivity index (χ2n) is 4.87. The molecule has 0 saturated carbocycles. The predicted molar refractivity (Wildman–Crippen MR) is 84.6 cm³/mol. The predicted octanol–water partition coefficient (Wildman–Crippen LogP) is 3.14. The lowest BCUT2D eigenvalue weighted by atomic mass is 10.2. The van der Waals surface area contributed by atoms with Gasteiger partial charge in [-0.15, -0.1) is 0 Å². The Bertz CT molecular complexity index is 561. The van der Waals surface area contributed by atoms with Crippen molar-refractivity contribution in [1.82, 2.24) is 5.32 Å². The van der Waals surface area contributed by atoms with E-state index in [1.807, 2.05) is 18.2 Å². The summed E-state index contributed by atoms with van der Waals surface area (Å²) in [6.45, 7) is 2.59. The van der Waals surface area contributed by atoms with Gasteiger partial charge >= 0.3 is 12.1 Å². The third-order valence-corrected chi connectivity index (χ3v) is 2.94. The molecular formula is C16H22F3NO5. The second kappa shape index (κ2) is 11.2. The summed E-state index contributed by atoms with van der Waals surface area (Å²) < 4.78 is 42.1. The number of unbranched alkanes of at least 4 members (excludes halogenated alkanes) is 1. The minimum absolute atomic E-state index is 0.0895. The van der Waals surface area contributed by atoms with Crippen LogP contribution in [0.4, 0.5) is 13.2 Å². The summed E-state index contributed by atoms with van der Waals surface area (Å²) in [5, 5.41) is 10.0. The molecule has 0 bridgehead atoms. The summed E-state index contributed by atoms with van der Waals surface area (Å²) >= 11 is 0. The fraction of sp³-hybridized carbons (Fsp3) is 0.500. The molecule has 0 radical (unpaired) electrons. The molecule has 0 aliphatic heterocycles. The summed E-state index contributed by atoms with van der Waals surface area (Å²) in [7, 11) is 3.20. The maximum absolute atomic E-state index is 11.5. The summed E-state index contributed by atoms with van der Waals surface area (Å²) in [6, 6.07) is 5.63. The zero-order valence-corrected chi connectivity index (χ0v) is 14.3. The molecule has 0 fully saturated rings. The zero-order chi connectivity index (χ0) is 19.5. The molecule has 0 spiro atoms.